The van der Waals surface area contributed by atoms with Gasteiger partial charge in [0.05, 0.1) is 15.5 Å². The fourth-order valence-corrected chi connectivity index (χ4v) is 3.65. The number of para-hydroxylation sites is 1. The molecule has 6 nitrogen and oxygen atoms in total. The molecule has 0 aromatic heterocycles. The molecule has 0 spiro atoms. The van der Waals surface area contributed by atoms with E-state index < -0.39 is 49.6 Å². The number of halogens is 4. The summed E-state index contributed by atoms with van der Waals surface area (Å²) >= 11 is 5.98. The van der Waals surface area contributed by atoms with E-state index in [2.05, 4.69) is 0 Å². The minimum absolute atomic E-state index is 0.180. The predicted octanol–water partition coefficient (Wildman–Crippen LogP) is 5.05. The first-order valence-electron chi connectivity index (χ1n) is 8.06. The van der Waals surface area contributed by atoms with Gasteiger partial charge in [-0.05, 0) is 42.5 Å². The molecule has 3 aromatic rings. The standard InChI is InChI=1S/C19H11ClF3NO5S/c20-13-3-1-2-4-15(13)29-10-5-7-11(8-6-10)30(27,28)24-18-12(19(25)26)9-14(21)16(22)17(18)23/h1-9,24H,(H,25,26). The Kier molecular flexibility index (Phi) is 5.90. The molecule has 3 rings (SSSR count). The molecule has 0 radical (unpaired) electrons. The minimum Gasteiger partial charge on any atom is -0.478 e. The maximum absolute atomic E-state index is 14.0. The molecule has 30 heavy (non-hydrogen) atoms. The lowest BCUT2D eigenvalue weighted by Gasteiger charge is -2.13. The van der Waals surface area contributed by atoms with Crippen molar-refractivity contribution < 1.29 is 36.2 Å². The normalized spacial score (nSPS) is 11.2. The number of hydrogen-bond acceptors (Lipinski definition) is 4. The Morgan fingerprint density at radius 1 is 1.00 bits per heavy atom. The number of ether oxygens (including phenoxy) is 1. The molecule has 0 aliphatic rings. The summed E-state index contributed by atoms with van der Waals surface area (Å²) in [6.45, 7) is 0. The summed E-state index contributed by atoms with van der Waals surface area (Å²) in [5, 5.41) is 9.38. The summed E-state index contributed by atoms with van der Waals surface area (Å²) in [6, 6.07) is 11.5. The lowest BCUT2D eigenvalue weighted by Crippen LogP contribution is -2.18. The van der Waals surface area contributed by atoms with Crippen molar-refractivity contribution in [1.82, 2.24) is 0 Å². The Balaban J connectivity index is 1.91. The van der Waals surface area contributed by atoms with Gasteiger partial charge >= 0.3 is 5.97 Å². The highest BCUT2D eigenvalue weighted by atomic mass is 35.5. The van der Waals surface area contributed by atoms with Crippen molar-refractivity contribution in [2.45, 2.75) is 4.90 Å². The number of aromatic carboxylic acids is 1. The second-order valence-corrected chi connectivity index (χ2v) is 7.91. The maximum atomic E-state index is 14.0. The number of carboxylic acids is 1. The second-order valence-electron chi connectivity index (χ2n) is 5.82. The Labute approximate surface area is 173 Å². The van der Waals surface area contributed by atoms with Gasteiger partial charge < -0.3 is 9.84 Å². The van der Waals surface area contributed by atoms with Crippen LogP contribution in [0.25, 0.3) is 0 Å². The number of benzene rings is 3. The number of hydrogen-bond donors (Lipinski definition) is 2. The third-order valence-electron chi connectivity index (χ3n) is 3.83. The van der Waals surface area contributed by atoms with Crippen molar-refractivity contribution in [1.29, 1.82) is 0 Å². The van der Waals surface area contributed by atoms with Crippen LogP contribution in [0.1, 0.15) is 10.4 Å². The Morgan fingerprint density at radius 2 is 1.63 bits per heavy atom. The highest BCUT2D eigenvalue weighted by molar-refractivity contribution is 7.92. The van der Waals surface area contributed by atoms with Gasteiger partial charge in [0.25, 0.3) is 10.0 Å². The van der Waals surface area contributed by atoms with E-state index in [-0.39, 0.29) is 11.8 Å². The Hall–Kier alpha value is -3.24. The van der Waals surface area contributed by atoms with Gasteiger partial charge in [0.1, 0.15) is 17.2 Å². The van der Waals surface area contributed by atoms with Gasteiger partial charge in [-0.3, -0.25) is 4.72 Å². The minimum atomic E-state index is -4.54. The highest BCUT2D eigenvalue weighted by Gasteiger charge is 2.26. The van der Waals surface area contributed by atoms with Crippen molar-refractivity contribution in [3.8, 4) is 11.5 Å². The molecule has 0 saturated heterocycles. The summed E-state index contributed by atoms with van der Waals surface area (Å²) in [6.07, 6.45) is 0. The van der Waals surface area contributed by atoms with Crippen molar-refractivity contribution in [3.63, 3.8) is 0 Å². The van der Waals surface area contributed by atoms with Crippen molar-refractivity contribution in [2.24, 2.45) is 0 Å². The van der Waals surface area contributed by atoms with E-state index >= 15 is 0 Å². The van der Waals surface area contributed by atoms with Gasteiger partial charge in [-0.25, -0.2) is 26.4 Å². The van der Waals surface area contributed by atoms with Gasteiger partial charge in [0.2, 0.25) is 0 Å². The van der Waals surface area contributed by atoms with Crippen LogP contribution in [0.15, 0.2) is 59.5 Å². The topological polar surface area (TPSA) is 92.7 Å². The molecule has 0 heterocycles. The van der Waals surface area contributed by atoms with Crippen LogP contribution >= 0.6 is 11.6 Å². The average molecular weight is 458 g/mol. The van der Waals surface area contributed by atoms with Gasteiger partial charge in [-0.15, -0.1) is 0 Å². The van der Waals surface area contributed by atoms with Crippen LogP contribution in [0.3, 0.4) is 0 Å². The van der Waals surface area contributed by atoms with E-state index in [9.17, 15) is 26.4 Å². The largest absolute Gasteiger partial charge is 0.478 e. The molecular weight excluding hydrogens is 447 g/mol. The van der Waals surface area contributed by atoms with Gasteiger partial charge in [-0.1, -0.05) is 23.7 Å². The fraction of sp³-hybridized carbons (Fsp3) is 0. The molecule has 3 aromatic carbocycles. The SMILES string of the molecule is O=C(O)c1cc(F)c(F)c(F)c1NS(=O)(=O)c1ccc(Oc2ccccc2Cl)cc1. The number of sulfonamides is 1. The summed E-state index contributed by atoms with van der Waals surface area (Å²) in [5.74, 6) is -7.06. The molecule has 0 bridgehead atoms. The summed E-state index contributed by atoms with van der Waals surface area (Å²) < 4.78 is 73.0. The molecule has 156 valence electrons. The van der Waals surface area contributed by atoms with Crippen LogP contribution in [0.2, 0.25) is 5.02 Å². The van der Waals surface area contributed by atoms with Crippen LogP contribution < -0.4 is 9.46 Å². The van der Waals surface area contributed by atoms with E-state index in [1.807, 2.05) is 0 Å². The van der Waals surface area contributed by atoms with Crippen molar-refractivity contribution in [3.05, 3.63) is 82.6 Å². The van der Waals surface area contributed by atoms with Crippen LogP contribution in [0, 0.1) is 17.5 Å². The first kappa shape index (κ1) is 21.5. The first-order valence-corrected chi connectivity index (χ1v) is 9.92. The molecule has 2 N–H and O–H groups in total. The van der Waals surface area contributed by atoms with Gasteiger partial charge in [-0.2, -0.15) is 0 Å². The smallest absolute Gasteiger partial charge is 0.338 e. The summed E-state index contributed by atoms with van der Waals surface area (Å²) in [5.41, 5.74) is -2.31. The average Bonchev–Trinajstić information content (AvgIpc) is 2.70. The number of carbonyl (C=O) groups is 1. The van der Waals surface area contributed by atoms with E-state index in [0.29, 0.717) is 10.8 Å². The first-order chi connectivity index (χ1) is 14.1. The second kappa shape index (κ2) is 8.25. The van der Waals surface area contributed by atoms with Crippen LogP contribution in [0.4, 0.5) is 18.9 Å². The third-order valence-corrected chi connectivity index (χ3v) is 5.51. The fourth-order valence-electron chi connectivity index (χ4n) is 2.40. The van der Waals surface area contributed by atoms with E-state index in [0.717, 1.165) is 12.1 Å². The quantitative estimate of drug-likeness (QED) is 0.505. The number of carboxylic acid groups (broad SMARTS) is 1. The third kappa shape index (κ3) is 4.34. The predicted molar refractivity (Wildman–Crippen MR) is 102 cm³/mol. The Bertz CT molecular complexity index is 1230. The van der Waals surface area contributed by atoms with Crippen molar-refractivity contribution >= 4 is 33.3 Å². The zero-order valence-corrected chi connectivity index (χ0v) is 16.3. The molecule has 0 fully saturated rings. The maximum Gasteiger partial charge on any atom is 0.338 e. The molecule has 11 heteroatoms. The summed E-state index contributed by atoms with van der Waals surface area (Å²) in [7, 11) is -4.54. The molecule has 0 aliphatic carbocycles. The number of rotatable bonds is 6. The molecule has 0 atom stereocenters. The molecular formula is C19H11ClF3NO5S. The van der Waals surface area contributed by atoms with Gasteiger partial charge in [0.15, 0.2) is 17.5 Å². The van der Waals surface area contributed by atoms with Crippen LogP contribution in [0.5, 0.6) is 11.5 Å². The molecule has 0 amide bonds. The monoisotopic (exact) mass is 457 g/mol. The summed E-state index contributed by atoms with van der Waals surface area (Å²) in [4.78, 5) is 10.8. The zero-order valence-electron chi connectivity index (χ0n) is 14.7. The molecule has 0 aliphatic heterocycles. The number of nitrogens with one attached hydrogen (secondary N) is 1. The van der Waals surface area contributed by atoms with E-state index in [1.54, 1.807) is 29.0 Å². The lowest BCUT2D eigenvalue weighted by molar-refractivity contribution is 0.0697. The molecule has 0 unspecified atom stereocenters. The van der Waals surface area contributed by atoms with Crippen molar-refractivity contribution in [2.75, 3.05) is 4.72 Å². The van der Waals surface area contributed by atoms with Crippen LogP contribution in [-0.2, 0) is 10.0 Å². The van der Waals surface area contributed by atoms with Crippen LogP contribution in [-0.4, -0.2) is 19.5 Å². The Morgan fingerprint density at radius 3 is 2.23 bits per heavy atom. The highest BCUT2D eigenvalue weighted by Crippen LogP contribution is 2.31. The zero-order chi connectivity index (χ0) is 22.1. The van der Waals surface area contributed by atoms with E-state index in [1.165, 1.54) is 12.1 Å². The lowest BCUT2D eigenvalue weighted by atomic mass is 10.1. The van der Waals surface area contributed by atoms with E-state index in [4.69, 9.17) is 21.4 Å². The van der Waals surface area contributed by atoms with Gasteiger partial charge in [0, 0.05) is 0 Å². The molecule has 0 saturated carbocycles. The number of anilines is 1.